The molecule has 0 unspecified atom stereocenters. The number of nitrogens with one attached hydrogen (secondary N) is 1. The number of amides is 1. The molecule has 0 saturated carbocycles. The minimum atomic E-state index is -3.27. The van der Waals surface area contributed by atoms with Gasteiger partial charge in [0.25, 0.3) is 5.91 Å². The van der Waals surface area contributed by atoms with Crippen molar-refractivity contribution in [2.75, 3.05) is 11.6 Å². The van der Waals surface area contributed by atoms with Gasteiger partial charge < -0.3 is 0 Å². The van der Waals surface area contributed by atoms with Gasteiger partial charge in [-0.3, -0.25) is 10.1 Å². The number of carbonyl (C=O) groups is 1. The molecule has 0 atom stereocenters. The average Bonchev–Trinajstić information content (AvgIpc) is 2.95. The summed E-state index contributed by atoms with van der Waals surface area (Å²) in [7, 11) is -3.27. The van der Waals surface area contributed by atoms with Crippen LogP contribution in [0.15, 0.2) is 52.3 Å². The second-order valence-electron chi connectivity index (χ2n) is 6.07. The molecule has 1 N–H and O–H groups in total. The summed E-state index contributed by atoms with van der Waals surface area (Å²) in [5.41, 5.74) is 1.20. The molecule has 0 fully saturated rings. The van der Waals surface area contributed by atoms with E-state index in [-0.39, 0.29) is 10.8 Å². The fourth-order valence-electron chi connectivity index (χ4n) is 2.32. The Labute approximate surface area is 160 Å². The van der Waals surface area contributed by atoms with E-state index in [2.05, 4.69) is 24.1 Å². The molecule has 0 aliphatic carbocycles. The van der Waals surface area contributed by atoms with Crippen molar-refractivity contribution in [1.29, 1.82) is 0 Å². The number of benzene rings is 2. The monoisotopic (exact) mass is 406 g/mol. The molecule has 0 aliphatic heterocycles. The van der Waals surface area contributed by atoms with Crippen molar-refractivity contribution in [3.63, 3.8) is 0 Å². The molecule has 0 saturated heterocycles. The topological polar surface area (TPSA) is 76.1 Å². The zero-order valence-electron chi connectivity index (χ0n) is 14.5. The molecular formula is C18H18N2O3S3. The van der Waals surface area contributed by atoms with Crippen LogP contribution >= 0.6 is 23.1 Å². The van der Waals surface area contributed by atoms with E-state index < -0.39 is 9.84 Å². The number of carbonyl (C=O) groups excluding carboxylic acids is 1. The first-order valence-corrected chi connectivity index (χ1v) is 11.5. The second kappa shape index (κ2) is 7.38. The normalized spacial score (nSPS) is 11.8. The molecular weight excluding hydrogens is 388 g/mol. The molecule has 5 nitrogen and oxygen atoms in total. The number of hydrogen-bond donors (Lipinski definition) is 1. The highest BCUT2D eigenvalue weighted by Gasteiger charge is 2.13. The number of aromatic nitrogens is 1. The molecule has 0 spiro atoms. The van der Waals surface area contributed by atoms with E-state index in [1.807, 2.05) is 12.1 Å². The molecule has 136 valence electrons. The van der Waals surface area contributed by atoms with Crippen molar-refractivity contribution in [2.45, 2.75) is 28.9 Å². The minimum absolute atomic E-state index is 0.241. The van der Waals surface area contributed by atoms with E-state index >= 15 is 0 Å². The molecule has 1 amide bonds. The quantitative estimate of drug-likeness (QED) is 0.634. The van der Waals surface area contributed by atoms with Crippen LogP contribution in [0, 0.1) is 0 Å². The van der Waals surface area contributed by atoms with E-state index in [1.54, 1.807) is 36.0 Å². The molecule has 1 heterocycles. The standard InChI is InChI=1S/C18H18N2O3S3/c1-11(2)24-13-6-4-12(5-7-13)17(21)20-18-19-15-9-8-14(26(3,22)23)10-16(15)25-18/h4-11H,1-3H3,(H,19,20,21). The highest BCUT2D eigenvalue weighted by Crippen LogP contribution is 2.29. The van der Waals surface area contributed by atoms with Crippen LogP contribution in [0.4, 0.5) is 5.13 Å². The summed E-state index contributed by atoms with van der Waals surface area (Å²) >= 11 is 2.99. The number of fused-ring (bicyclic) bond motifs is 1. The maximum absolute atomic E-state index is 12.4. The third-order valence-corrected chi connectivity index (χ3v) is 6.56. The Morgan fingerprint density at radius 2 is 1.85 bits per heavy atom. The highest BCUT2D eigenvalue weighted by molar-refractivity contribution is 7.99. The van der Waals surface area contributed by atoms with Crippen molar-refractivity contribution in [3.05, 3.63) is 48.0 Å². The van der Waals surface area contributed by atoms with Crippen LogP contribution in [0.5, 0.6) is 0 Å². The number of thioether (sulfide) groups is 1. The number of anilines is 1. The Balaban J connectivity index is 1.78. The van der Waals surface area contributed by atoms with Crippen molar-refractivity contribution < 1.29 is 13.2 Å². The lowest BCUT2D eigenvalue weighted by molar-refractivity contribution is 0.102. The van der Waals surface area contributed by atoms with Crippen molar-refractivity contribution in [1.82, 2.24) is 4.98 Å². The highest BCUT2D eigenvalue weighted by atomic mass is 32.2. The van der Waals surface area contributed by atoms with Crippen LogP contribution in [0.2, 0.25) is 0 Å². The lowest BCUT2D eigenvalue weighted by Crippen LogP contribution is -2.11. The second-order valence-corrected chi connectivity index (χ2v) is 10.8. The third kappa shape index (κ3) is 4.44. The van der Waals surface area contributed by atoms with Gasteiger partial charge in [0.1, 0.15) is 0 Å². The van der Waals surface area contributed by atoms with Crippen molar-refractivity contribution in [3.8, 4) is 0 Å². The van der Waals surface area contributed by atoms with Gasteiger partial charge in [0.2, 0.25) is 0 Å². The molecule has 1 aromatic heterocycles. The lowest BCUT2D eigenvalue weighted by Gasteiger charge is -2.06. The Morgan fingerprint density at radius 3 is 2.46 bits per heavy atom. The average molecular weight is 407 g/mol. The van der Waals surface area contributed by atoms with E-state index in [1.165, 1.54) is 23.7 Å². The summed E-state index contributed by atoms with van der Waals surface area (Å²) in [6.45, 7) is 4.24. The van der Waals surface area contributed by atoms with Gasteiger partial charge in [-0.1, -0.05) is 25.2 Å². The van der Waals surface area contributed by atoms with Crippen LogP contribution in [-0.2, 0) is 9.84 Å². The summed E-state index contributed by atoms with van der Waals surface area (Å²) in [5.74, 6) is -0.242. The number of thiazole rings is 1. The number of hydrogen-bond acceptors (Lipinski definition) is 6. The summed E-state index contributed by atoms with van der Waals surface area (Å²) in [6, 6.07) is 12.2. The number of sulfone groups is 1. The third-order valence-electron chi connectivity index (χ3n) is 3.50. The predicted molar refractivity (Wildman–Crippen MR) is 108 cm³/mol. The molecule has 26 heavy (non-hydrogen) atoms. The SMILES string of the molecule is CC(C)Sc1ccc(C(=O)Nc2nc3ccc(S(C)(=O)=O)cc3s2)cc1. The molecule has 3 rings (SSSR count). The Morgan fingerprint density at radius 1 is 1.15 bits per heavy atom. The maximum atomic E-state index is 12.4. The van der Waals surface area contributed by atoms with Gasteiger partial charge in [-0.15, -0.1) is 11.8 Å². The van der Waals surface area contributed by atoms with E-state index in [4.69, 9.17) is 0 Å². The van der Waals surface area contributed by atoms with Gasteiger partial charge >= 0.3 is 0 Å². The summed E-state index contributed by atoms with van der Waals surface area (Å²) in [6.07, 6.45) is 1.17. The molecule has 8 heteroatoms. The zero-order valence-corrected chi connectivity index (χ0v) is 17.0. The molecule has 3 aromatic rings. The number of rotatable bonds is 5. The van der Waals surface area contributed by atoms with Gasteiger partial charge in [0.15, 0.2) is 15.0 Å². The minimum Gasteiger partial charge on any atom is -0.298 e. The summed E-state index contributed by atoms with van der Waals surface area (Å²) < 4.78 is 24.0. The smallest absolute Gasteiger partial charge is 0.257 e. The van der Waals surface area contributed by atoms with Crippen LogP contribution in [0.3, 0.4) is 0 Å². The van der Waals surface area contributed by atoms with Gasteiger partial charge in [0, 0.05) is 22.0 Å². The number of nitrogens with zero attached hydrogens (tertiary/aromatic N) is 1. The first-order chi connectivity index (χ1) is 12.2. The van der Waals surface area contributed by atoms with Gasteiger partial charge in [-0.05, 0) is 42.5 Å². The molecule has 0 aliphatic rings. The summed E-state index contributed by atoms with van der Waals surface area (Å²) in [4.78, 5) is 18.1. The largest absolute Gasteiger partial charge is 0.298 e. The molecule has 0 bridgehead atoms. The van der Waals surface area contributed by atoms with Gasteiger partial charge in [-0.25, -0.2) is 13.4 Å². The lowest BCUT2D eigenvalue weighted by atomic mass is 10.2. The van der Waals surface area contributed by atoms with E-state index in [0.717, 1.165) is 4.90 Å². The van der Waals surface area contributed by atoms with Crippen LogP contribution in [0.1, 0.15) is 24.2 Å². The van der Waals surface area contributed by atoms with Crippen LogP contribution in [0.25, 0.3) is 10.2 Å². The Bertz CT molecular complexity index is 1050. The van der Waals surface area contributed by atoms with Crippen LogP contribution < -0.4 is 5.32 Å². The molecule has 2 aromatic carbocycles. The Kier molecular flexibility index (Phi) is 5.36. The fraction of sp³-hybridized carbons (Fsp3) is 0.222. The van der Waals surface area contributed by atoms with Gasteiger partial charge in [0.05, 0.1) is 15.1 Å². The van der Waals surface area contributed by atoms with Crippen molar-refractivity contribution >= 4 is 54.2 Å². The van der Waals surface area contributed by atoms with Crippen LogP contribution in [-0.4, -0.2) is 30.8 Å². The first-order valence-electron chi connectivity index (χ1n) is 7.91. The zero-order chi connectivity index (χ0) is 18.9. The van der Waals surface area contributed by atoms with Crippen molar-refractivity contribution in [2.24, 2.45) is 0 Å². The van der Waals surface area contributed by atoms with Gasteiger partial charge in [-0.2, -0.15) is 0 Å². The Hall–Kier alpha value is -1.90. The first kappa shape index (κ1) is 18.9. The van der Waals surface area contributed by atoms with E-state index in [0.29, 0.717) is 26.2 Å². The molecule has 0 radical (unpaired) electrons. The summed E-state index contributed by atoms with van der Waals surface area (Å²) in [5, 5.41) is 3.70. The predicted octanol–water partition coefficient (Wildman–Crippen LogP) is 4.45. The fourth-order valence-corrected chi connectivity index (χ4v) is 4.77. The maximum Gasteiger partial charge on any atom is 0.257 e. The van der Waals surface area contributed by atoms with E-state index in [9.17, 15) is 13.2 Å².